The summed E-state index contributed by atoms with van der Waals surface area (Å²) in [6, 6.07) is 7.79. The molecule has 0 aliphatic carbocycles. The summed E-state index contributed by atoms with van der Waals surface area (Å²) in [6.07, 6.45) is 2.27. The molecule has 0 N–H and O–H groups in total. The second-order valence-corrected chi connectivity index (χ2v) is 7.06. The quantitative estimate of drug-likeness (QED) is 0.798. The van der Waals surface area contributed by atoms with E-state index in [1.807, 2.05) is 18.4 Å². The largest absolute Gasteiger partial charge is 0.325 e. The maximum absolute atomic E-state index is 13.9. The van der Waals surface area contributed by atoms with E-state index in [-0.39, 0.29) is 22.8 Å². The fourth-order valence-corrected chi connectivity index (χ4v) is 3.92. The second kappa shape index (κ2) is 6.76. The van der Waals surface area contributed by atoms with Crippen molar-refractivity contribution in [1.82, 2.24) is 9.55 Å². The third kappa shape index (κ3) is 3.21. The van der Waals surface area contributed by atoms with Crippen LogP contribution >= 0.6 is 11.8 Å². The van der Waals surface area contributed by atoms with Gasteiger partial charge in [-0.15, -0.1) is 0 Å². The van der Waals surface area contributed by atoms with Crippen LogP contribution in [-0.2, 0) is 4.79 Å². The lowest BCUT2D eigenvalue weighted by Gasteiger charge is -2.19. The second-order valence-electron chi connectivity index (χ2n) is 5.89. The molecule has 2 heterocycles. The standard InChI is InChI=1S/C17H18FN3O2S/c1-11(2)20-10-8-15(22)19-17(20)24-14-7-9-21(16(14)23)13-6-4-3-5-12(13)18/h3-6,8,10-11,14H,7,9H2,1-2H3/t14-/m0/s1. The van der Waals surface area contributed by atoms with Gasteiger partial charge in [-0.05, 0) is 32.4 Å². The van der Waals surface area contributed by atoms with Gasteiger partial charge in [-0.3, -0.25) is 9.59 Å². The number of thioether (sulfide) groups is 1. The van der Waals surface area contributed by atoms with E-state index >= 15 is 0 Å². The fraction of sp³-hybridized carbons (Fsp3) is 0.353. The maximum atomic E-state index is 13.9. The summed E-state index contributed by atoms with van der Waals surface area (Å²) in [6.45, 7) is 4.42. The molecular formula is C17H18FN3O2S. The molecular weight excluding hydrogens is 329 g/mol. The minimum absolute atomic E-state index is 0.125. The number of para-hydroxylation sites is 1. The Morgan fingerprint density at radius 1 is 1.25 bits per heavy atom. The zero-order valence-corrected chi connectivity index (χ0v) is 14.3. The van der Waals surface area contributed by atoms with Crippen LogP contribution in [-0.4, -0.2) is 27.3 Å². The fourth-order valence-electron chi connectivity index (χ4n) is 2.68. The van der Waals surface area contributed by atoms with Crippen LogP contribution in [0.2, 0.25) is 0 Å². The number of carbonyl (C=O) groups excluding carboxylic acids is 1. The van der Waals surface area contributed by atoms with Crippen LogP contribution in [0.3, 0.4) is 0 Å². The summed E-state index contributed by atoms with van der Waals surface area (Å²) in [4.78, 5) is 29.7. The van der Waals surface area contributed by atoms with Gasteiger partial charge in [0.15, 0.2) is 5.16 Å². The zero-order valence-electron chi connectivity index (χ0n) is 13.5. The van der Waals surface area contributed by atoms with E-state index in [4.69, 9.17) is 0 Å². The number of benzene rings is 1. The Morgan fingerprint density at radius 2 is 2.00 bits per heavy atom. The number of amides is 1. The van der Waals surface area contributed by atoms with Crippen LogP contribution in [0.1, 0.15) is 26.3 Å². The first-order valence-corrected chi connectivity index (χ1v) is 8.67. The molecule has 0 radical (unpaired) electrons. The van der Waals surface area contributed by atoms with Crippen molar-refractivity contribution >= 4 is 23.4 Å². The molecule has 24 heavy (non-hydrogen) atoms. The van der Waals surface area contributed by atoms with E-state index < -0.39 is 5.82 Å². The number of rotatable bonds is 4. The Kier molecular flexibility index (Phi) is 4.71. The van der Waals surface area contributed by atoms with Crippen LogP contribution in [0.5, 0.6) is 0 Å². The monoisotopic (exact) mass is 347 g/mol. The molecule has 1 amide bonds. The van der Waals surface area contributed by atoms with Crippen molar-refractivity contribution in [2.24, 2.45) is 0 Å². The molecule has 1 atom stereocenters. The van der Waals surface area contributed by atoms with Crippen LogP contribution in [0.25, 0.3) is 0 Å². The van der Waals surface area contributed by atoms with Gasteiger partial charge >= 0.3 is 0 Å². The van der Waals surface area contributed by atoms with E-state index in [0.717, 1.165) is 0 Å². The molecule has 126 valence electrons. The minimum atomic E-state index is -0.409. The predicted molar refractivity (Wildman–Crippen MR) is 91.9 cm³/mol. The summed E-state index contributed by atoms with van der Waals surface area (Å²) in [5, 5.41) is 0.148. The van der Waals surface area contributed by atoms with Gasteiger partial charge in [-0.1, -0.05) is 23.9 Å². The number of hydrogen-bond donors (Lipinski definition) is 0. The van der Waals surface area contributed by atoms with Crippen molar-refractivity contribution in [3.63, 3.8) is 0 Å². The SMILES string of the molecule is CC(C)n1ccc(=O)nc1S[C@H]1CCN(c2ccccc2F)C1=O. The Morgan fingerprint density at radius 3 is 2.71 bits per heavy atom. The Bertz CT molecular complexity index is 821. The Balaban J connectivity index is 1.84. The molecule has 2 aromatic rings. The molecule has 0 unspecified atom stereocenters. The lowest BCUT2D eigenvalue weighted by Crippen LogP contribution is -2.29. The molecule has 1 aromatic carbocycles. The van der Waals surface area contributed by atoms with Gasteiger partial charge < -0.3 is 9.47 Å². The smallest absolute Gasteiger partial charge is 0.273 e. The Labute approximate surface area is 143 Å². The number of aromatic nitrogens is 2. The van der Waals surface area contributed by atoms with Gasteiger partial charge in [0.05, 0.1) is 10.9 Å². The highest BCUT2D eigenvalue weighted by Crippen LogP contribution is 2.33. The van der Waals surface area contributed by atoms with Gasteiger partial charge in [0.1, 0.15) is 5.82 Å². The minimum Gasteiger partial charge on any atom is -0.325 e. The van der Waals surface area contributed by atoms with Crippen LogP contribution in [0, 0.1) is 5.82 Å². The topological polar surface area (TPSA) is 55.2 Å². The third-order valence-electron chi connectivity index (χ3n) is 3.91. The van der Waals surface area contributed by atoms with E-state index in [9.17, 15) is 14.0 Å². The summed E-state index contributed by atoms with van der Waals surface area (Å²) in [5.74, 6) is -0.563. The molecule has 7 heteroatoms. The normalized spacial score (nSPS) is 17.8. The molecule has 0 spiro atoms. The van der Waals surface area contributed by atoms with Crippen molar-refractivity contribution in [2.75, 3.05) is 11.4 Å². The first-order chi connectivity index (χ1) is 11.5. The molecule has 0 saturated carbocycles. The van der Waals surface area contributed by atoms with Crippen molar-refractivity contribution < 1.29 is 9.18 Å². The van der Waals surface area contributed by atoms with Crippen molar-refractivity contribution in [3.05, 3.63) is 52.7 Å². The highest BCUT2D eigenvalue weighted by molar-refractivity contribution is 8.00. The van der Waals surface area contributed by atoms with Gasteiger partial charge in [0.25, 0.3) is 5.56 Å². The first-order valence-electron chi connectivity index (χ1n) is 7.79. The lowest BCUT2D eigenvalue weighted by molar-refractivity contribution is -0.116. The third-order valence-corrected chi connectivity index (χ3v) is 5.14. The van der Waals surface area contributed by atoms with Crippen LogP contribution < -0.4 is 10.5 Å². The zero-order chi connectivity index (χ0) is 17.3. The summed E-state index contributed by atoms with van der Waals surface area (Å²) >= 11 is 1.27. The molecule has 1 saturated heterocycles. The first kappa shape index (κ1) is 16.7. The van der Waals surface area contributed by atoms with Crippen LogP contribution in [0.15, 0.2) is 46.5 Å². The van der Waals surface area contributed by atoms with E-state index in [1.54, 1.807) is 24.4 Å². The average molecular weight is 347 g/mol. The lowest BCUT2D eigenvalue weighted by atomic mass is 10.3. The van der Waals surface area contributed by atoms with Gasteiger partial charge in [0, 0.05) is 24.8 Å². The molecule has 1 aliphatic rings. The predicted octanol–water partition coefficient (Wildman–Crippen LogP) is 2.86. The molecule has 0 bridgehead atoms. The van der Waals surface area contributed by atoms with Crippen molar-refractivity contribution in [1.29, 1.82) is 0 Å². The maximum Gasteiger partial charge on any atom is 0.273 e. The number of carbonyl (C=O) groups is 1. The molecule has 1 fully saturated rings. The van der Waals surface area contributed by atoms with E-state index in [2.05, 4.69) is 4.98 Å². The molecule has 1 aromatic heterocycles. The molecule has 3 rings (SSSR count). The van der Waals surface area contributed by atoms with Gasteiger partial charge in [0.2, 0.25) is 5.91 Å². The number of hydrogen-bond acceptors (Lipinski definition) is 4. The molecule has 1 aliphatic heterocycles. The van der Waals surface area contributed by atoms with Crippen LogP contribution in [0.4, 0.5) is 10.1 Å². The Hall–Kier alpha value is -2.15. The highest BCUT2D eigenvalue weighted by atomic mass is 32.2. The van der Waals surface area contributed by atoms with E-state index in [1.165, 1.54) is 28.8 Å². The summed E-state index contributed by atoms with van der Waals surface area (Å²) < 4.78 is 15.8. The highest BCUT2D eigenvalue weighted by Gasteiger charge is 2.35. The number of nitrogens with zero attached hydrogens (tertiary/aromatic N) is 3. The summed E-state index contributed by atoms with van der Waals surface area (Å²) in [5.41, 5.74) is -0.0290. The number of halogens is 1. The van der Waals surface area contributed by atoms with Crippen molar-refractivity contribution in [3.8, 4) is 0 Å². The van der Waals surface area contributed by atoms with E-state index in [0.29, 0.717) is 23.8 Å². The summed E-state index contributed by atoms with van der Waals surface area (Å²) in [7, 11) is 0. The number of anilines is 1. The van der Waals surface area contributed by atoms with Crippen molar-refractivity contribution in [2.45, 2.75) is 36.7 Å². The van der Waals surface area contributed by atoms with Gasteiger partial charge in [-0.2, -0.15) is 4.98 Å². The molecule has 5 nitrogen and oxygen atoms in total. The van der Waals surface area contributed by atoms with Gasteiger partial charge in [-0.25, -0.2) is 4.39 Å². The average Bonchev–Trinajstić information content (AvgIpc) is 2.89.